The van der Waals surface area contributed by atoms with E-state index in [9.17, 15) is 9.18 Å². The molecule has 2 aliphatic heterocycles. The van der Waals surface area contributed by atoms with Gasteiger partial charge in [0, 0.05) is 38.6 Å². The number of carbonyl (C=O) groups is 1. The molecule has 2 aliphatic rings. The molecule has 2 fully saturated rings. The number of benzene rings is 1. The zero-order valence-corrected chi connectivity index (χ0v) is 13.7. The highest BCUT2D eigenvalue weighted by Crippen LogP contribution is 2.31. The zero-order chi connectivity index (χ0) is 16.2. The number of ether oxygens (including phenoxy) is 1. The van der Waals surface area contributed by atoms with E-state index in [1.54, 1.807) is 0 Å². The summed E-state index contributed by atoms with van der Waals surface area (Å²) in [5.74, 6) is 0.475. The van der Waals surface area contributed by atoms with E-state index < -0.39 is 0 Å². The van der Waals surface area contributed by atoms with Gasteiger partial charge in [-0.3, -0.25) is 9.69 Å². The highest BCUT2D eigenvalue weighted by molar-refractivity contribution is 5.76. The maximum absolute atomic E-state index is 13.1. The second-order valence-corrected chi connectivity index (χ2v) is 6.57. The normalized spacial score (nSPS) is 25.7. The Hall–Kier alpha value is -1.46. The third-order valence-corrected chi connectivity index (χ3v) is 5.02. The second kappa shape index (κ2) is 7.41. The minimum atomic E-state index is -0.187. The lowest BCUT2D eigenvalue weighted by atomic mass is 9.97. The summed E-state index contributed by atoms with van der Waals surface area (Å²) in [7, 11) is 0. The number of rotatable bonds is 4. The van der Waals surface area contributed by atoms with Gasteiger partial charge in [0.1, 0.15) is 5.82 Å². The molecule has 0 aliphatic carbocycles. The number of amides is 1. The van der Waals surface area contributed by atoms with E-state index in [0.29, 0.717) is 44.7 Å². The summed E-state index contributed by atoms with van der Waals surface area (Å²) >= 11 is 0. The standard InChI is InChI=1S/C18H25FN2O2/c1-14-12-16(15-2-4-17(19)5-3-15)13-21(14)7-6-18(22)20-8-10-23-11-9-20/h2-5,14,16H,6-13H2,1H3/t14-,16-/m0/s1. The Labute approximate surface area is 137 Å². The largest absolute Gasteiger partial charge is 0.378 e. The molecule has 2 saturated heterocycles. The Kier molecular flexibility index (Phi) is 5.28. The topological polar surface area (TPSA) is 32.8 Å². The number of likely N-dealkylation sites (tertiary alicyclic amines) is 1. The van der Waals surface area contributed by atoms with Crippen molar-refractivity contribution in [3.05, 3.63) is 35.6 Å². The molecule has 3 rings (SSSR count). The van der Waals surface area contributed by atoms with E-state index in [2.05, 4.69) is 11.8 Å². The fourth-order valence-electron chi connectivity index (χ4n) is 3.60. The Bertz CT molecular complexity index is 528. The number of nitrogens with zero attached hydrogens (tertiary/aromatic N) is 2. The van der Waals surface area contributed by atoms with Gasteiger partial charge < -0.3 is 9.64 Å². The number of halogens is 1. The van der Waals surface area contributed by atoms with E-state index >= 15 is 0 Å². The summed E-state index contributed by atoms with van der Waals surface area (Å²) < 4.78 is 18.3. The van der Waals surface area contributed by atoms with Crippen molar-refractivity contribution in [3.8, 4) is 0 Å². The van der Waals surface area contributed by atoms with Gasteiger partial charge in [0.25, 0.3) is 0 Å². The molecule has 0 bridgehead atoms. The average molecular weight is 320 g/mol. The van der Waals surface area contributed by atoms with Crippen molar-refractivity contribution in [1.29, 1.82) is 0 Å². The van der Waals surface area contributed by atoms with Gasteiger partial charge in [-0.2, -0.15) is 0 Å². The number of hydrogen-bond acceptors (Lipinski definition) is 3. The van der Waals surface area contributed by atoms with E-state index in [0.717, 1.165) is 19.5 Å². The number of morpholine rings is 1. The Morgan fingerprint density at radius 3 is 2.65 bits per heavy atom. The van der Waals surface area contributed by atoms with Gasteiger partial charge in [-0.1, -0.05) is 12.1 Å². The molecule has 1 aromatic carbocycles. The van der Waals surface area contributed by atoms with Crippen LogP contribution in [-0.2, 0) is 9.53 Å². The van der Waals surface area contributed by atoms with Gasteiger partial charge in [-0.25, -0.2) is 4.39 Å². The van der Waals surface area contributed by atoms with Crippen LogP contribution in [0.4, 0.5) is 4.39 Å². The van der Waals surface area contributed by atoms with Crippen LogP contribution in [0.25, 0.3) is 0 Å². The Morgan fingerprint density at radius 1 is 1.26 bits per heavy atom. The first kappa shape index (κ1) is 16.4. The third-order valence-electron chi connectivity index (χ3n) is 5.02. The quantitative estimate of drug-likeness (QED) is 0.853. The highest BCUT2D eigenvalue weighted by Gasteiger charge is 2.30. The summed E-state index contributed by atoms with van der Waals surface area (Å²) in [6.45, 7) is 6.69. The van der Waals surface area contributed by atoms with Crippen LogP contribution in [0.1, 0.15) is 31.2 Å². The monoisotopic (exact) mass is 320 g/mol. The van der Waals surface area contributed by atoms with Crippen LogP contribution in [-0.4, -0.2) is 61.1 Å². The molecule has 5 heteroatoms. The lowest BCUT2D eigenvalue weighted by molar-refractivity contribution is -0.135. The third kappa shape index (κ3) is 4.09. The molecule has 1 amide bonds. The summed E-state index contributed by atoms with van der Waals surface area (Å²) in [6, 6.07) is 7.29. The first-order valence-electron chi connectivity index (χ1n) is 8.48. The van der Waals surface area contributed by atoms with Gasteiger partial charge >= 0.3 is 0 Å². The molecule has 4 nitrogen and oxygen atoms in total. The smallest absolute Gasteiger partial charge is 0.224 e. The van der Waals surface area contributed by atoms with Crippen molar-refractivity contribution < 1.29 is 13.9 Å². The van der Waals surface area contributed by atoms with Crippen LogP contribution in [0, 0.1) is 5.82 Å². The van der Waals surface area contributed by atoms with Crippen LogP contribution in [0.15, 0.2) is 24.3 Å². The fourth-order valence-corrected chi connectivity index (χ4v) is 3.60. The zero-order valence-electron chi connectivity index (χ0n) is 13.7. The van der Waals surface area contributed by atoms with E-state index in [1.807, 2.05) is 17.0 Å². The van der Waals surface area contributed by atoms with Crippen LogP contribution in [0.3, 0.4) is 0 Å². The van der Waals surface area contributed by atoms with Gasteiger partial charge in [-0.05, 0) is 37.0 Å². The van der Waals surface area contributed by atoms with Crippen molar-refractivity contribution in [2.24, 2.45) is 0 Å². The van der Waals surface area contributed by atoms with Gasteiger partial charge in [0.2, 0.25) is 5.91 Å². The van der Waals surface area contributed by atoms with Gasteiger partial charge in [0.15, 0.2) is 0 Å². The molecule has 1 aromatic rings. The van der Waals surface area contributed by atoms with Gasteiger partial charge in [-0.15, -0.1) is 0 Å². The van der Waals surface area contributed by atoms with Crippen LogP contribution in [0.5, 0.6) is 0 Å². The molecule has 23 heavy (non-hydrogen) atoms. The molecular formula is C18H25FN2O2. The maximum Gasteiger partial charge on any atom is 0.224 e. The summed E-state index contributed by atoms with van der Waals surface area (Å²) in [6.07, 6.45) is 1.64. The van der Waals surface area contributed by atoms with E-state index in [-0.39, 0.29) is 11.7 Å². The molecule has 0 unspecified atom stereocenters. The minimum Gasteiger partial charge on any atom is -0.378 e. The van der Waals surface area contributed by atoms with E-state index in [1.165, 1.54) is 17.7 Å². The molecule has 0 radical (unpaired) electrons. The number of hydrogen-bond donors (Lipinski definition) is 0. The first-order valence-corrected chi connectivity index (χ1v) is 8.48. The molecule has 0 aromatic heterocycles. The van der Waals surface area contributed by atoms with E-state index in [4.69, 9.17) is 4.74 Å². The van der Waals surface area contributed by atoms with Gasteiger partial charge in [0.05, 0.1) is 13.2 Å². The number of carbonyl (C=O) groups excluding carboxylic acids is 1. The lowest BCUT2D eigenvalue weighted by Crippen LogP contribution is -2.42. The van der Waals surface area contributed by atoms with Crippen molar-refractivity contribution in [2.45, 2.75) is 31.7 Å². The summed E-state index contributed by atoms with van der Waals surface area (Å²) in [5.41, 5.74) is 1.19. The lowest BCUT2D eigenvalue weighted by Gasteiger charge is -2.28. The molecule has 0 N–H and O–H groups in total. The molecule has 126 valence electrons. The maximum atomic E-state index is 13.1. The molecule has 2 atom stereocenters. The molecule has 0 spiro atoms. The SMILES string of the molecule is C[C@H]1C[C@H](c2ccc(F)cc2)CN1CCC(=O)N1CCOCC1. The predicted octanol–water partition coefficient (Wildman–Crippen LogP) is 2.25. The van der Waals surface area contributed by atoms with Crippen LogP contribution < -0.4 is 0 Å². The first-order chi connectivity index (χ1) is 11.1. The summed E-state index contributed by atoms with van der Waals surface area (Å²) in [4.78, 5) is 16.5. The predicted molar refractivity (Wildman–Crippen MR) is 86.8 cm³/mol. The Morgan fingerprint density at radius 2 is 1.96 bits per heavy atom. The highest BCUT2D eigenvalue weighted by atomic mass is 19.1. The fraction of sp³-hybridized carbons (Fsp3) is 0.611. The summed E-state index contributed by atoms with van der Waals surface area (Å²) in [5, 5.41) is 0. The van der Waals surface area contributed by atoms with Crippen LogP contribution >= 0.6 is 0 Å². The molecule has 2 heterocycles. The van der Waals surface area contributed by atoms with Crippen LogP contribution in [0.2, 0.25) is 0 Å². The van der Waals surface area contributed by atoms with Crippen molar-refractivity contribution in [1.82, 2.24) is 9.80 Å². The molecule has 0 saturated carbocycles. The minimum absolute atomic E-state index is 0.187. The molecular weight excluding hydrogens is 295 g/mol. The average Bonchev–Trinajstić information content (AvgIpc) is 2.95. The second-order valence-electron chi connectivity index (χ2n) is 6.57. The van der Waals surface area contributed by atoms with Crippen molar-refractivity contribution >= 4 is 5.91 Å². The Balaban J connectivity index is 1.50. The van der Waals surface area contributed by atoms with Crippen molar-refractivity contribution in [2.75, 3.05) is 39.4 Å². The van der Waals surface area contributed by atoms with Crippen molar-refractivity contribution in [3.63, 3.8) is 0 Å².